The number of carbonyl (C=O) groups is 1. The second-order valence-electron chi connectivity index (χ2n) is 7.66. The molecule has 0 spiro atoms. The minimum absolute atomic E-state index is 0.0492. The van der Waals surface area contributed by atoms with Crippen LogP contribution in [0.5, 0.6) is 0 Å². The van der Waals surface area contributed by atoms with Gasteiger partial charge in [-0.05, 0) is 68.1 Å². The zero-order valence-corrected chi connectivity index (χ0v) is 18.9. The lowest BCUT2D eigenvalue weighted by molar-refractivity contribution is -0.120. The first-order valence-electron chi connectivity index (χ1n) is 9.67. The molecule has 0 radical (unpaired) electrons. The third kappa shape index (κ3) is 4.74. The molecule has 0 saturated carbocycles. The second kappa shape index (κ2) is 8.49. The fourth-order valence-electron chi connectivity index (χ4n) is 3.49. The molecule has 1 aliphatic rings. The minimum atomic E-state index is -3.74. The zero-order chi connectivity index (χ0) is 22.1. The van der Waals surface area contributed by atoms with Crippen LogP contribution in [0, 0.1) is 19.8 Å². The standard InChI is InChI=1S/C21H26N2O5S2/c1-15-5-4-6-20(16(15)2)22-21(24)17-11-13-23(14-12-17)30(27,28)19-9-7-18(8-10-19)29(3,25)26/h4-10,17H,11-14H2,1-3H3,(H,22,24). The summed E-state index contributed by atoms with van der Waals surface area (Å²) in [7, 11) is -7.13. The van der Waals surface area contributed by atoms with E-state index >= 15 is 0 Å². The van der Waals surface area contributed by atoms with Crippen LogP contribution in [-0.4, -0.2) is 46.4 Å². The van der Waals surface area contributed by atoms with Crippen molar-refractivity contribution in [2.24, 2.45) is 5.92 Å². The molecule has 7 nitrogen and oxygen atoms in total. The van der Waals surface area contributed by atoms with Crippen molar-refractivity contribution in [3.63, 3.8) is 0 Å². The SMILES string of the molecule is Cc1cccc(NC(=O)C2CCN(S(=O)(=O)c3ccc(S(C)(=O)=O)cc3)CC2)c1C. The maximum absolute atomic E-state index is 12.9. The topological polar surface area (TPSA) is 101 Å². The highest BCUT2D eigenvalue weighted by Gasteiger charge is 2.32. The Hall–Kier alpha value is -2.23. The van der Waals surface area contributed by atoms with E-state index in [1.165, 1.54) is 28.6 Å². The number of amides is 1. The number of anilines is 1. The van der Waals surface area contributed by atoms with E-state index in [2.05, 4.69) is 5.32 Å². The summed E-state index contributed by atoms with van der Waals surface area (Å²) in [6.45, 7) is 4.41. The Labute approximate surface area is 178 Å². The average molecular weight is 451 g/mol. The Morgan fingerprint density at radius 3 is 2.07 bits per heavy atom. The van der Waals surface area contributed by atoms with Crippen molar-refractivity contribution in [2.75, 3.05) is 24.7 Å². The third-order valence-electron chi connectivity index (χ3n) is 5.58. The van der Waals surface area contributed by atoms with Gasteiger partial charge in [-0.25, -0.2) is 16.8 Å². The van der Waals surface area contributed by atoms with E-state index < -0.39 is 19.9 Å². The summed E-state index contributed by atoms with van der Waals surface area (Å²) < 4.78 is 50.2. The van der Waals surface area contributed by atoms with E-state index in [1.54, 1.807) is 0 Å². The van der Waals surface area contributed by atoms with Gasteiger partial charge in [0.05, 0.1) is 9.79 Å². The van der Waals surface area contributed by atoms with Gasteiger partial charge in [-0.1, -0.05) is 12.1 Å². The molecule has 2 aromatic carbocycles. The molecule has 3 rings (SSSR count). The van der Waals surface area contributed by atoms with Gasteiger partial charge >= 0.3 is 0 Å². The molecule has 9 heteroatoms. The van der Waals surface area contributed by atoms with Gasteiger partial charge < -0.3 is 5.32 Å². The Balaban J connectivity index is 1.65. The van der Waals surface area contributed by atoms with Gasteiger partial charge in [0.1, 0.15) is 0 Å². The summed E-state index contributed by atoms with van der Waals surface area (Å²) in [6, 6.07) is 11.0. The Kier molecular flexibility index (Phi) is 6.35. The molecular weight excluding hydrogens is 424 g/mol. The van der Waals surface area contributed by atoms with Gasteiger partial charge in [-0.3, -0.25) is 4.79 Å². The summed E-state index contributed by atoms with van der Waals surface area (Å²) in [5, 5.41) is 2.96. The predicted molar refractivity (Wildman–Crippen MR) is 116 cm³/mol. The number of aryl methyl sites for hydroxylation is 1. The number of nitrogens with one attached hydrogen (secondary N) is 1. The number of hydrogen-bond acceptors (Lipinski definition) is 5. The first-order chi connectivity index (χ1) is 14.0. The smallest absolute Gasteiger partial charge is 0.243 e. The Bertz CT molecular complexity index is 1150. The van der Waals surface area contributed by atoms with Crippen LogP contribution in [0.2, 0.25) is 0 Å². The van der Waals surface area contributed by atoms with E-state index in [9.17, 15) is 21.6 Å². The second-order valence-corrected chi connectivity index (χ2v) is 11.6. The van der Waals surface area contributed by atoms with E-state index in [0.717, 1.165) is 23.1 Å². The largest absolute Gasteiger partial charge is 0.326 e. The van der Waals surface area contributed by atoms with Crippen LogP contribution in [-0.2, 0) is 24.7 Å². The van der Waals surface area contributed by atoms with Crippen molar-refractivity contribution in [3.8, 4) is 0 Å². The van der Waals surface area contributed by atoms with Crippen molar-refractivity contribution in [1.29, 1.82) is 0 Å². The first-order valence-corrected chi connectivity index (χ1v) is 13.0. The monoisotopic (exact) mass is 450 g/mol. The maximum atomic E-state index is 12.9. The summed E-state index contributed by atoms with van der Waals surface area (Å²) >= 11 is 0. The first kappa shape index (κ1) is 22.5. The lowest BCUT2D eigenvalue weighted by Crippen LogP contribution is -2.41. The highest BCUT2D eigenvalue weighted by atomic mass is 32.2. The summed E-state index contributed by atoms with van der Waals surface area (Å²) in [6.07, 6.45) is 1.93. The van der Waals surface area contributed by atoms with Crippen molar-refractivity contribution in [3.05, 3.63) is 53.6 Å². The number of nitrogens with zero attached hydrogens (tertiary/aromatic N) is 1. The summed E-state index contributed by atoms with van der Waals surface area (Å²) in [5.74, 6) is -0.359. The summed E-state index contributed by atoms with van der Waals surface area (Å²) in [4.78, 5) is 12.8. The Morgan fingerprint density at radius 1 is 0.933 bits per heavy atom. The molecule has 162 valence electrons. The van der Waals surface area contributed by atoms with E-state index in [-0.39, 0.29) is 34.7 Å². The minimum Gasteiger partial charge on any atom is -0.326 e. The lowest BCUT2D eigenvalue weighted by atomic mass is 9.97. The van der Waals surface area contributed by atoms with E-state index in [1.807, 2.05) is 32.0 Å². The van der Waals surface area contributed by atoms with Crippen molar-refractivity contribution in [1.82, 2.24) is 4.31 Å². The van der Waals surface area contributed by atoms with Crippen molar-refractivity contribution >= 4 is 31.5 Å². The highest BCUT2D eigenvalue weighted by Crippen LogP contribution is 2.26. The molecule has 2 aromatic rings. The number of hydrogen-bond donors (Lipinski definition) is 1. The highest BCUT2D eigenvalue weighted by molar-refractivity contribution is 7.90. The third-order valence-corrected chi connectivity index (χ3v) is 8.62. The van der Waals surface area contributed by atoms with Crippen LogP contribution < -0.4 is 5.32 Å². The molecule has 1 amide bonds. The number of rotatable bonds is 5. The van der Waals surface area contributed by atoms with Crippen LogP contribution in [0.3, 0.4) is 0 Å². The molecule has 30 heavy (non-hydrogen) atoms. The molecule has 0 aromatic heterocycles. The number of sulfone groups is 1. The molecule has 0 unspecified atom stereocenters. The molecular formula is C21H26N2O5S2. The van der Waals surface area contributed by atoms with Gasteiger partial charge in [0.25, 0.3) is 0 Å². The molecule has 1 heterocycles. The fourth-order valence-corrected chi connectivity index (χ4v) is 5.59. The van der Waals surface area contributed by atoms with Crippen LogP contribution >= 0.6 is 0 Å². The lowest BCUT2D eigenvalue weighted by Gasteiger charge is -2.30. The van der Waals surface area contributed by atoms with Crippen LogP contribution in [0.4, 0.5) is 5.69 Å². The number of piperidine rings is 1. The average Bonchev–Trinajstić information content (AvgIpc) is 2.71. The molecule has 1 fully saturated rings. The van der Waals surface area contributed by atoms with Gasteiger partial charge in [-0.15, -0.1) is 0 Å². The molecule has 1 saturated heterocycles. The van der Waals surface area contributed by atoms with Crippen LogP contribution in [0.15, 0.2) is 52.3 Å². The van der Waals surface area contributed by atoms with Gasteiger partial charge in [0.2, 0.25) is 15.9 Å². The van der Waals surface area contributed by atoms with E-state index in [4.69, 9.17) is 0 Å². The van der Waals surface area contributed by atoms with Crippen LogP contribution in [0.1, 0.15) is 24.0 Å². The van der Waals surface area contributed by atoms with Gasteiger partial charge in [0, 0.05) is 31.0 Å². The molecule has 0 aliphatic carbocycles. The molecule has 0 bridgehead atoms. The number of sulfonamides is 1. The molecule has 0 atom stereocenters. The maximum Gasteiger partial charge on any atom is 0.243 e. The fraction of sp³-hybridized carbons (Fsp3) is 0.381. The summed E-state index contributed by atoms with van der Waals surface area (Å²) in [5.41, 5.74) is 2.89. The number of benzene rings is 2. The molecule has 1 aliphatic heterocycles. The molecule has 1 N–H and O–H groups in total. The normalized spacial score (nSPS) is 16.4. The predicted octanol–water partition coefficient (Wildman–Crippen LogP) is 2.75. The quantitative estimate of drug-likeness (QED) is 0.755. The Morgan fingerprint density at radius 2 is 1.50 bits per heavy atom. The van der Waals surface area contributed by atoms with Gasteiger partial charge in [0.15, 0.2) is 9.84 Å². The van der Waals surface area contributed by atoms with E-state index in [0.29, 0.717) is 12.8 Å². The van der Waals surface area contributed by atoms with Crippen molar-refractivity contribution < 1.29 is 21.6 Å². The van der Waals surface area contributed by atoms with Gasteiger partial charge in [-0.2, -0.15) is 4.31 Å². The van der Waals surface area contributed by atoms with Crippen molar-refractivity contribution in [2.45, 2.75) is 36.5 Å². The zero-order valence-electron chi connectivity index (χ0n) is 17.3. The van der Waals surface area contributed by atoms with Crippen LogP contribution in [0.25, 0.3) is 0 Å². The number of carbonyl (C=O) groups excluding carboxylic acids is 1.